The van der Waals surface area contributed by atoms with Crippen LogP contribution in [0.2, 0.25) is 0 Å². The molecule has 27 heavy (non-hydrogen) atoms. The summed E-state index contributed by atoms with van der Waals surface area (Å²) in [6, 6.07) is 15.1. The number of nitrogens with one attached hydrogen (secondary N) is 1. The van der Waals surface area contributed by atoms with Crippen molar-refractivity contribution < 1.29 is 12.9 Å². The Labute approximate surface area is 157 Å². The molecule has 0 unspecified atom stereocenters. The van der Waals surface area contributed by atoms with Crippen molar-refractivity contribution in [2.45, 2.75) is 36.1 Å². The van der Waals surface area contributed by atoms with E-state index in [0.717, 1.165) is 25.7 Å². The maximum Gasteiger partial charge on any atom is 0.261 e. The van der Waals surface area contributed by atoms with Gasteiger partial charge in [0.15, 0.2) is 5.82 Å². The molecule has 1 saturated carbocycles. The van der Waals surface area contributed by atoms with Crippen LogP contribution < -0.4 is 10.5 Å². The predicted octanol–water partition coefficient (Wildman–Crippen LogP) is 3.27. The van der Waals surface area contributed by atoms with E-state index in [1.54, 1.807) is 54.6 Å². The van der Waals surface area contributed by atoms with Gasteiger partial charge in [0, 0.05) is 11.3 Å². The molecule has 0 bridgehead atoms. The third-order valence-corrected chi connectivity index (χ3v) is 6.18. The van der Waals surface area contributed by atoms with Crippen LogP contribution in [0.25, 0.3) is 11.5 Å². The first-order chi connectivity index (χ1) is 13.0. The second-order valence-electron chi connectivity index (χ2n) is 6.79. The van der Waals surface area contributed by atoms with Gasteiger partial charge in [-0.05, 0) is 43.2 Å². The number of benzene rings is 2. The van der Waals surface area contributed by atoms with E-state index in [2.05, 4.69) is 14.9 Å². The zero-order chi connectivity index (χ0) is 18.9. The van der Waals surface area contributed by atoms with Crippen molar-refractivity contribution in [1.29, 1.82) is 0 Å². The highest BCUT2D eigenvalue weighted by molar-refractivity contribution is 7.92. The molecule has 1 aliphatic carbocycles. The maximum absolute atomic E-state index is 12.5. The van der Waals surface area contributed by atoms with E-state index in [4.69, 9.17) is 10.3 Å². The quantitative estimate of drug-likeness (QED) is 0.698. The van der Waals surface area contributed by atoms with Crippen molar-refractivity contribution in [3.63, 3.8) is 0 Å². The summed E-state index contributed by atoms with van der Waals surface area (Å²) in [5, 5.41) is 4.05. The van der Waals surface area contributed by atoms with Gasteiger partial charge in [-0.15, -0.1) is 0 Å². The molecule has 1 aliphatic rings. The Balaban J connectivity index is 1.59. The van der Waals surface area contributed by atoms with E-state index in [0.29, 0.717) is 23.0 Å². The monoisotopic (exact) mass is 384 g/mol. The number of sulfonamides is 1. The summed E-state index contributed by atoms with van der Waals surface area (Å²) in [5.74, 6) is 0.827. The summed E-state index contributed by atoms with van der Waals surface area (Å²) >= 11 is 0. The smallest absolute Gasteiger partial charge is 0.261 e. The summed E-state index contributed by atoms with van der Waals surface area (Å²) < 4.78 is 32.9. The molecule has 8 heteroatoms. The summed E-state index contributed by atoms with van der Waals surface area (Å²) in [7, 11) is -3.67. The minimum atomic E-state index is -3.67. The number of nitrogens with two attached hydrogens (primary N) is 1. The fourth-order valence-corrected chi connectivity index (χ4v) is 4.37. The van der Waals surface area contributed by atoms with Crippen molar-refractivity contribution in [3.05, 3.63) is 60.4 Å². The number of anilines is 1. The Morgan fingerprint density at radius 3 is 2.52 bits per heavy atom. The molecule has 2 aromatic carbocycles. The third kappa shape index (κ3) is 3.58. The maximum atomic E-state index is 12.5. The van der Waals surface area contributed by atoms with Crippen molar-refractivity contribution in [1.82, 2.24) is 10.1 Å². The lowest BCUT2D eigenvalue weighted by molar-refractivity contribution is 0.372. The van der Waals surface area contributed by atoms with Gasteiger partial charge in [-0.1, -0.05) is 42.3 Å². The number of aromatic nitrogens is 2. The van der Waals surface area contributed by atoms with Gasteiger partial charge in [0.2, 0.25) is 0 Å². The van der Waals surface area contributed by atoms with Crippen LogP contribution in [0.15, 0.2) is 64.0 Å². The fraction of sp³-hybridized carbons (Fsp3) is 0.263. The van der Waals surface area contributed by atoms with Crippen LogP contribution in [-0.2, 0) is 15.6 Å². The summed E-state index contributed by atoms with van der Waals surface area (Å²) in [5.41, 5.74) is 6.88. The van der Waals surface area contributed by atoms with Crippen LogP contribution in [-0.4, -0.2) is 18.6 Å². The van der Waals surface area contributed by atoms with Gasteiger partial charge in [-0.3, -0.25) is 4.72 Å². The van der Waals surface area contributed by atoms with Gasteiger partial charge < -0.3 is 10.3 Å². The van der Waals surface area contributed by atoms with Crippen molar-refractivity contribution in [2.24, 2.45) is 5.73 Å². The topological polar surface area (TPSA) is 111 Å². The molecule has 1 heterocycles. The molecule has 1 aromatic heterocycles. The average molecular weight is 384 g/mol. The van der Waals surface area contributed by atoms with Crippen molar-refractivity contribution >= 4 is 15.7 Å². The highest BCUT2D eigenvalue weighted by atomic mass is 32.2. The SMILES string of the molecule is NC1(c2noc(-c3cccc(NS(=O)(=O)c4ccccc4)c3)n2)CCCC1. The second-order valence-corrected chi connectivity index (χ2v) is 8.47. The van der Waals surface area contributed by atoms with Crippen molar-refractivity contribution in [3.8, 4) is 11.5 Å². The van der Waals surface area contributed by atoms with Gasteiger partial charge in [0.1, 0.15) is 0 Å². The molecular weight excluding hydrogens is 364 g/mol. The lowest BCUT2D eigenvalue weighted by Gasteiger charge is -2.17. The van der Waals surface area contributed by atoms with E-state index in [-0.39, 0.29) is 4.90 Å². The predicted molar refractivity (Wildman–Crippen MR) is 101 cm³/mol. The molecule has 7 nitrogen and oxygen atoms in total. The zero-order valence-corrected chi connectivity index (χ0v) is 15.4. The van der Waals surface area contributed by atoms with E-state index in [9.17, 15) is 8.42 Å². The summed E-state index contributed by atoms with van der Waals surface area (Å²) in [4.78, 5) is 4.65. The van der Waals surface area contributed by atoms with Crippen LogP contribution >= 0.6 is 0 Å². The van der Waals surface area contributed by atoms with Gasteiger partial charge >= 0.3 is 0 Å². The van der Waals surface area contributed by atoms with Gasteiger partial charge in [-0.2, -0.15) is 4.98 Å². The van der Waals surface area contributed by atoms with Crippen LogP contribution in [0.3, 0.4) is 0 Å². The Morgan fingerprint density at radius 2 is 1.78 bits per heavy atom. The van der Waals surface area contributed by atoms with Crippen LogP contribution in [0.4, 0.5) is 5.69 Å². The molecule has 0 saturated heterocycles. The zero-order valence-electron chi connectivity index (χ0n) is 14.6. The van der Waals surface area contributed by atoms with E-state index >= 15 is 0 Å². The molecule has 3 aromatic rings. The molecule has 0 spiro atoms. The standard InChI is InChI=1S/C19H20N4O3S/c20-19(11-4-5-12-19)18-21-17(26-22-18)14-7-6-8-15(13-14)23-27(24,25)16-9-2-1-3-10-16/h1-3,6-10,13,23H,4-5,11-12,20H2. The second kappa shape index (κ2) is 6.79. The van der Waals surface area contributed by atoms with Gasteiger partial charge in [0.05, 0.1) is 10.4 Å². The summed E-state index contributed by atoms with van der Waals surface area (Å²) in [6.45, 7) is 0. The Bertz CT molecular complexity index is 1040. The Kier molecular flexibility index (Phi) is 4.45. The molecule has 140 valence electrons. The molecule has 4 rings (SSSR count). The largest absolute Gasteiger partial charge is 0.334 e. The summed E-state index contributed by atoms with van der Waals surface area (Å²) in [6.07, 6.45) is 3.78. The molecule has 0 atom stereocenters. The number of hydrogen-bond donors (Lipinski definition) is 2. The number of nitrogens with zero attached hydrogens (tertiary/aromatic N) is 2. The first-order valence-electron chi connectivity index (χ1n) is 8.78. The van der Waals surface area contributed by atoms with Gasteiger partial charge in [0.25, 0.3) is 15.9 Å². The van der Waals surface area contributed by atoms with E-state index in [1.165, 1.54) is 0 Å². The molecule has 0 amide bonds. The minimum absolute atomic E-state index is 0.196. The van der Waals surface area contributed by atoms with Crippen LogP contribution in [0, 0.1) is 0 Å². The lowest BCUT2D eigenvalue weighted by atomic mass is 9.99. The average Bonchev–Trinajstić information content (AvgIpc) is 3.33. The number of rotatable bonds is 5. The Morgan fingerprint density at radius 1 is 1.04 bits per heavy atom. The normalized spacial score (nSPS) is 16.3. The van der Waals surface area contributed by atoms with E-state index < -0.39 is 15.6 Å². The molecule has 0 radical (unpaired) electrons. The molecule has 1 fully saturated rings. The van der Waals surface area contributed by atoms with Crippen LogP contribution in [0.5, 0.6) is 0 Å². The van der Waals surface area contributed by atoms with Crippen LogP contribution in [0.1, 0.15) is 31.5 Å². The fourth-order valence-electron chi connectivity index (χ4n) is 3.30. The third-order valence-electron chi connectivity index (χ3n) is 4.78. The molecular formula is C19H20N4O3S. The minimum Gasteiger partial charge on any atom is -0.334 e. The van der Waals surface area contributed by atoms with E-state index in [1.807, 2.05) is 0 Å². The Hall–Kier alpha value is -2.71. The highest BCUT2D eigenvalue weighted by Gasteiger charge is 2.36. The van der Waals surface area contributed by atoms with Gasteiger partial charge in [-0.25, -0.2) is 8.42 Å². The first kappa shape index (κ1) is 17.7. The molecule has 3 N–H and O–H groups in total. The lowest BCUT2D eigenvalue weighted by Crippen LogP contribution is -2.34. The first-order valence-corrected chi connectivity index (χ1v) is 10.3. The van der Waals surface area contributed by atoms with Crippen molar-refractivity contribution in [2.75, 3.05) is 4.72 Å². The number of hydrogen-bond acceptors (Lipinski definition) is 6. The highest BCUT2D eigenvalue weighted by Crippen LogP contribution is 2.35. The molecule has 0 aliphatic heterocycles.